The summed E-state index contributed by atoms with van der Waals surface area (Å²) in [5.74, 6) is 0.646. The summed E-state index contributed by atoms with van der Waals surface area (Å²) in [6.07, 6.45) is 1.16. The highest BCUT2D eigenvalue weighted by Gasteiger charge is 2.12. The Morgan fingerprint density at radius 3 is 2.61 bits per heavy atom. The molecule has 0 aliphatic heterocycles. The van der Waals surface area contributed by atoms with E-state index in [0.29, 0.717) is 5.92 Å². The lowest BCUT2D eigenvalue weighted by molar-refractivity contribution is 0.548. The second-order valence-electron chi connectivity index (χ2n) is 4.65. The van der Waals surface area contributed by atoms with Gasteiger partial charge in [-0.3, -0.25) is 0 Å². The van der Waals surface area contributed by atoms with Crippen molar-refractivity contribution in [3.63, 3.8) is 0 Å². The highest BCUT2D eigenvalue weighted by molar-refractivity contribution is 9.08. The molecule has 0 aliphatic rings. The smallest absolute Gasteiger partial charge is 0.101 e. The molecule has 1 aromatic rings. The molecule has 0 amide bonds. The third-order valence-corrected chi connectivity index (χ3v) is 3.93. The Bertz CT molecular complexity index is 423. The van der Waals surface area contributed by atoms with Crippen molar-refractivity contribution < 1.29 is 0 Å². The molecule has 3 heteroatoms. The molecule has 0 aromatic heterocycles. The van der Waals surface area contributed by atoms with E-state index in [-0.39, 0.29) is 0 Å². The zero-order valence-corrected chi connectivity index (χ0v) is 13.0. The molecule has 0 spiro atoms. The summed E-state index contributed by atoms with van der Waals surface area (Å²) in [6.45, 7) is 8.54. The van der Waals surface area contributed by atoms with Gasteiger partial charge in [0.2, 0.25) is 0 Å². The lowest BCUT2D eigenvalue weighted by Crippen LogP contribution is -2.28. The molecule has 1 unspecified atom stereocenters. The number of nitriles is 1. The fraction of sp³-hybridized carbons (Fsp3) is 0.533. The summed E-state index contributed by atoms with van der Waals surface area (Å²) in [5.41, 5.74) is 2.98. The number of anilines is 1. The third kappa shape index (κ3) is 3.74. The first kappa shape index (κ1) is 15.0. The molecular weight excluding hydrogens is 288 g/mol. The molecular formula is C15H21BrN2. The van der Waals surface area contributed by atoms with Crippen LogP contribution in [0, 0.1) is 17.2 Å². The van der Waals surface area contributed by atoms with Gasteiger partial charge < -0.3 is 4.90 Å². The number of hydrogen-bond donors (Lipinski definition) is 0. The largest absolute Gasteiger partial charge is 0.370 e. The van der Waals surface area contributed by atoms with Crippen LogP contribution in [0.3, 0.4) is 0 Å². The Balaban J connectivity index is 3.02. The molecule has 1 aromatic carbocycles. The molecule has 0 heterocycles. The quantitative estimate of drug-likeness (QED) is 0.732. The summed E-state index contributed by atoms with van der Waals surface area (Å²) < 4.78 is 0. The lowest BCUT2D eigenvalue weighted by atomic mass is 10.1. The topological polar surface area (TPSA) is 27.0 Å². The molecule has 0 N–H and O–H groups in total. The average molecular weight is 309 g/mol. The number of halogens is 1. The molecule has 18 heavy (non-hydrogen) atoms. The van der Waals surface area contributed by atoms with Gasteiger partial charge in [-0.2, -0.15) is 5.26 Å². The maximum absolute atomic E-state index is 9.28. The minimum atomic E-state index is 0.646. The van der Waals surface area contributed by atoms with Crippen molar-refractivity contribution in [2.45, 2.75) is 32.5 Å². The number of nitrogens with zero attached hydrogens (tertiary/aromatic N) is 2. The summed E-state index contributed by atoms with van der Waals surface area (Å²) in [7, 11) is 0. The van der Waals surface area contributed by atoms with E-state index in [4.69, 9.17) is 0 Å². The molecule has 0 saturated heterocycles. The number of hydrogen-bond acceptors (Lipinski definition) is 2. The van der Waals surface area contributed by atoms with Crippen molar-refractivity contribution in [2.75, 3.05) is 18.0 Å². The van der Waals surface area contributed by atoms with Crippen LogP contribution in [0.5, 0.6) is 0 Å². The van der Waals surface area contributed by atoms with E-state index in [1.54, 1.807) is 0 Å². The van der Waals surface area contributed by atoms with Gasteiger partial charge in [0.15, 0.2) is 0 Å². The molecule has 0 radical (unpaired) electrons. The molecule has 2 nitrogen and oxygen atoms in total. The fourth-order valence-corrected chi connectivity index (χ4v) is 2.28. The van der Waals surface area contributed by atoms with Crippen molar-refractivity contribution in [3.05, 3.63) is 29.3 Å². The lowest BCUT2D eigenvalue weighted by Gasteiger charge is -2.27. The Kier molecular flexibility index (Phi) is 6.21. The zero-order chi connectivity index (χ0) is 13.5. The molecule has 0 saturated carbocycles. The predicted octanol–water partition coefficient (Wildman–Crippen LogP) is 4.33. The van der Waals surface area contributed by atoms with Crippen LogP contribution in [0.2, 0.25) is 0 Å². The maximum atomic E-state index is 9.28. The van der Waals surface area contributed by atoms with E-state index >= 15 is 0 Å². The number of alkyl halides is 1. The van der Waals surface area contributed by atoms with Crippen LogP contribution < -0.4 is 4.90 Å². The van der Waals surface area contributed by atoms with Crippen molar-refractivity contribution in [2.24, 2.45) is 5.92 Å². The summed E-state index contributed by atoms with van der Waals surface area (Å²) in [5, 5.41) is 10.1. The van der Waals surface area contributed by atoms with Gasteiger partial charge in [0.25, 0.3) is 0 Å². The second-order valence-corrected chi connectivity index (χ2v) is 5.21. The minimum Gasteiger partial charge on any atom is -0.370 e. The molecule has 0 bridgehead atoms. The molecule has 0 fully saturated rings. The van der Waals surface area contributed by atoms with Crippen LogP contribution in [-0.4, -0.2) is 13.1 Å². The van der Waals surface area contributed by atoms with Gasteiger partial charge in [0.05, 0.1) is 11.3 Å². The second kappa shape index (κ2) is 7.43. The van der Waals surface area contributed by atoms with Crippen LogP contribution in [0.1, 0.15) is 38.3 Å². The number of benzene rings is 1. The maximum Gasteiger partial charge on any atom is 0.101 e. The number of rotatable bonds is 6. The standard InChI is InChI=1S/C15H21BrN2/c1-4-12(3)11-18(5-2)15-7-6-13(9-16)8-14(15)10-17/h6-8,12H,4-5,9,11H2,1-3H3. The van der Waals surface area contributed by atoms with E-state index in [1.807, 2.05) is 6.07 Å². The first-order valence-corrected chi connectivity index (χ1v) is 7.62. The van der Waals surface area contributed by atoms with E-state index in [9.17, 15) is 5.26 Å². The van der Waals surface area contributed by atoms with Crippen molar-refractivity contribution in [1.29, 1.82) is 5.26 Å². The van der Waals surface area contributed by atoms with E-state index in [1.165, 1.54) is 0 Å². The van der Waals surface area contributed by atoms with E-state index < -0.39 is 0 Å². The van der Waals surface area contributed by atoms with Crippen molar-refractivity contribution >= 4 is 21.6 Å². The van der Waals surface area contributed by atoms with Crippen molar-refractivity contribution in [3.8, 4) is 6.07 Å². The zero-order valence-electron chi connectivity index (χ0n) is 11.4. The molecule has 1 rings (SSSR count). The Hall–Kier alpha value is -1.01. The van der Waals surface area contributed by atoms with Crippen molar-refractivity contribution in [1.82, 2.24) is 0 Å². The van der Waals surface area contributed by atoms with Crippen LogP contribution in [0.25, 0.3) is 0 Å². The monoisotopic (exact) mass is 308 g/mol. The van der Waals surface area contributed by atoms with Gasteiger partial charge in [-0.15, -0.1) is 0 Å². The van der Waals surface area contributed by atoms with Gasteiger partial charge in [-0.1, -0.05) is 42.3 Å². The Morgan fingerprint density at radius 2 is 2.11 bits per heavy atom. The molecule has 1 atom stereocenters. The van der Waals surface area contributed by atoms with E-state index in [0.717, 1.165) is 41.7 Å². The fourth-order valence-electron chi connectivity index (χ4n) is 1.93. The highest BCUT2D eigenvalue weighted by Crippen LogP contribution is 2.23. The van der Waals surface area contributed by atoms with Crippen LogP contribution >= 0.6 is 15.9 Å². The van der Waals surface area contributed by atoms with Crippen LogP contribution in [0.4, 0.5) is 5.69 Å². The molecule has 0 aliphatic carbocycles. The van der Waals surface area contributed by atoms with E-state index in [2.05, 4.69) is 59.8 Å². The first-order valence-electron chi connectivity index (χ1n) is 6.50. The van der Waals surface area contributed by atoms with Gasteiger partial charge in [0, 0.05) is 18.4 Å². The minimum absolute atomic E-state index is 0.646. The Labute approximate surface area is 119 Å². The normalized spacial score (nSPS) is 11.9. The Morgan fingerprint density at radius 1 is 1.39 bits per heavy atom. The van der Waals surface area contributed by atoms with Crippen LogP contribution in [-0.2, 0) is 5.33 Å². The first-order chi connectivity index (χ1) is 8.65. The molecule has 98 valence electrons. The van der Waals surface area contributed by atoms with Gasteiger partial charge in [-0.05, 0) is 30.5 Å². The summed E-state index contributed by atoms with van der Waals surface area (Å²) in [6, 6.07) is 8.45. The van der Waals surface area contributed by atoms with Gasteiger partial charge >= 0.3 is 0 Å². The third-order valence-electron chi connectivity index (χ3n) is 3.29. The van der Waals surface area contributed by atoms with Gasteiger partial charge in [0.1, 0.15) is 6.07 Å². The average Bonchev–Trinajstić information content (AvgIpc) is 2.43. The van der Waals surface area contributed by atoms with Crippen LogP contribution in [0.15, 0.2) is 18.2 Å². The van der Waals surface area contributed by atoms with Gasteiger partial charge in [-0.25, -0.2) is 0 Å². The summed E-state index contributed by atoms with van der Waals surface area (Å²) in [4.78, 5) is 2.30. The predicted molar refractivity (Wildman–Crippen MR) is 81.1 cm³/mol. The highest BCUT2D eigenvalue weighted by atomic mass is 79.9. The summed E-state index contributed by atoms with van der Waals surface area (Å²) >= 11 is 3.43. The SMILES string of the molecule is CCC(C)CN(CC)c1ccc(CBr)cc1C#N.